The second-order valence-electron chi connectivity index (χ2n) is 6.46. The van der Waals surface area contributed by atoms with Crippen LogP contribution in [0, 0.1) is 0 Å². The van der Waals surface area contributed by atoms with E-state index in [2.05, 4.69) is 30.0 Å². The molecule has 0 spiro atoms. The molecule has 1 aliphatic heterocycles. The molecule has 12 heteroatoms. The Hall–Kier alpha value is -3.41. The number of amides is 1. The summed E-state index contributed by atoms with van der Waals surface area (Å²) >= 11 is 0. The Kier molecular flexibility index (Phi) is 5.40. The summed E-state index contributed by atoms with van der Waals surface area (Å²) in [6.45, 7) is 2.49. The average molecular weight is 422 g/mol. The molecule has 2 aromatic heterocycles. The summed E-state index contributed by atoms with van der Waals surface area (Å²) in [5, 5.41) is 7.57. The molecule has 0 unspecified atom stereocenters. The summed E-state index contributed by atoms with van der Waals surface area (Å²) < 4.78 is 47.3. The largest absolute Gasteiger partial charge is 0.573 e. The Labute approximate surface area is 168 Å². The van der Waals surface area contributed by atoms with Crippen LogP contribution in [0.2, 0.25) is 0 Å². The molecule has 0 saturated carbocycles. The lowest BCUT2D eigenvalue weighted by molar-refractivity contribution is -0.274. The third kappa shape index (κ3) is 4.59. The summed E-state index contributed by atoms with van der Waals surface area (Å²) in [7, 11) is 0. The van der Waals surface area contributed by atoms with E-state index in [0.717, 1.165) is 23.3 Å². The zero-order chi connectivity index (χ0) is 21.1. The van der Waals surface area contributed by atoms with Crippen molar-refractivity contribution in [1.82, 2.24) is 19.7 Å². The van der Waals surface area contributed by atoms with Crippen LogP contribution in [0.1, 0.15) is 0 Å². The topological polar surface area (TPSA) is 94.4 Å². The Morgan fingerprint density at radius 3 is 2.60 bits per heavy atom. The molecular formula is C18H17F3N6O3. The monoisotopic (exact) mass is 422 g/mol. The number of ether oxygens (including phenoxy) is 2. The van der Waals surface area contributed by atoms with Crippen molar-refractivity contribution in [1.29, 1.82) is 0 Å². The van der Waals surface area contributed by atoms with Crippen LogP contribution < -0.4 is 15.0 Å². The number of alkyl halides is 3. The Bertz CT molecular complexity index is 1030. The van der Waals surface area contributed by atoms with Gasteiger partial charge in [-0.2, -0.15) is 5.10 Å². The highest BCUT2D eigenvalue weighted by atomic mass is 19.4. The molecule has 158 valence electrons. The van der Waals surface area contributed by atoms with E-state index in [1.165, 1.54) is 23.1 Å². The maximum atomic E-state index is 12.4. The summed E-state index contributed by atoms with van der Waals surface area (Å²) in [5.41, 5.74) is 0.838. The zero-order valence-electron chi connectivity index (χ0n) is 15.6. The molecule has 1 fully saturated rings. The standard InChI is InChI=1S/C18H17F3N6O3/c19-18(20,21)30-13-3-1-12(2-4-13)25-15(28)10-27-17-14(9-24-27)16(22-11-23-17)26-5-7-29-8-6-26/h1-4,9,11H,5-8,10H2,(H,25,28). The number of hydrogen-bond acceptors (Lipinski definition) is 7. The minimum absolute atomic E-state index is 0.121. The first-order chi connectivity index (χ1) is 14.4. The van der Waals surface area contributed by atoms with Crippen LogP contribution in [-0.4, -0.2) is 58.3 Å². The SMILES string of the molecule is O=C(Cn1ncc2c(N3CCOCC3)ncnc21)Nc1ccc(OC(F)(F)F)cc1. The first-order valence-corrected chi connectivity index (χ1v) is 9.04. The van der Waals surface area contributed by atoms with Gasteiger partial charge in [-0.25, -0.2) is 14.6 Å². The van der Waals surface area contributed by atoms with Gasteiger partial charge in [0, 0.05) is 18.8 Å². The van der Waals surface area contributed by atoms with Gasteiger partial charge in [0.05, 0.1) is 24.8 Å². The summed E-state index contributed by atoms with van der Waals surface area (Å²) in [6.07, 6.45) is -1.74. The van der Waals surface area contributed by atoms with E-state index in [0.29, 0.717) is 37.6 Å². The van der Waals surface area contributed by atoms with E-state index in [-0.39, 0.29) is 12.3 Å². The van der Waals surface area contributed by atoms with Crippen molar-refractivity contribution >= 4 is 28.4 Å². The number of morpholine rings is 1. The molecule has 1 N–H and O–H groups in total. The normalized spacial score (nSPS) is 14.7. The van der Waals surface area contributed by atoms with Gasteiger partial charge in [-0.1, -0.05) is 0 Å². The Balaban J connectivity index is 1.44. The van der Waals surface area contributed by atoms with Crippen LogP contribution in [0.15, 0.2) is 36.8 Å². The number of benzene rings is 1. The average Bonchev–Trinajstić information content (AvgIpc) is 3.12. The first-order valence-electron chi connectivity index (χ1n) is 9.04. The first kappa shape index (κ1) is 19.9. The molecule has 3 heterocycles. The van der Waals surface area contributed by atoms with Crippen molar-refractivity contribution in [2.75, 3.05) is 36.5 Å². The number of nitrogens with zero attached hydrogens (tertiary/aromatic N) is 5. The second kappa shape index (κ2) is 8.14. The molecule has 1 saturated heterocycles. The van der Waals surface area contributed by atoms with Crippen LogP contribution in [0.4, 0.5) is 24.7 Å². The second-order valence-corrected chi connectivity index (χ2v) is 6.46. The number of hydrogen-bond donors (Lipinski definition) is 1. The highest BCUT2D eigenvalue weighted by Crippen LogP contribution is 2.25. The minimum atomic E-state index is -4.77. The summed E-state index contributed by atoms with van der Waals surface area (Å²) in [4.78, 5) is 23.0. The lowest BCUT2D eigenvalue weighted by Gasteiger charge is -2.27. The fraction of sp³-hybridized carbons (Fsp3) is 0.333. The molecule has 1 aliphatic rings. The number of aromatic nitrogens is 4. The number of anilines is 2. The number of carbonyl (C=O) groups is 1. The van der Waals surface area contributed by atoms with Crippen LogP contribution in [0.25, 0.3) is 11.0 Å². The van der Waals surface area contributed by atoms with Crippen molar-refractivity contribution in [2.45, 2.75) is 12.9 Å². The lowest BCUT2D eigenvalue weighted by atomic mass is 10.3. The number of nitrogens with one attached hydrogen (secondary N) is 1. The molecule has 9 nitrogen and oxygen atoms in total. The zero-order valence-corrected chi connectivity index (χ0v) is 15.6. The fourth-order valence-corrected chi connectivity index (χ4v) is 3.10. The molecule has 4 rings (SSSR count). The van der Waals surface area contributed by atoms with Crippen molar-refractivity contribution in [3.8, 4) is 5.75 Å². The smallest absolute Gasteiger partial charge is 0.406 e. The minimum Gasteiger partial charge on any atom is -0.406 e. The van der Waals surface area contributed by atoms with Gasteiger partial charge >= 0.3 is 6.36 Å². The van der Waals surface area contributed by atoms with E-state index in [9.17, 15) is 18.0 Å². The lowest BCUT2D eigenvalue weighted by Crippen LogP contribution is -2.36. The quantitative estimate of drug-likeness (QED) is 0.674. The van der Waals surface area contributed by atoms with Crippen molar-refractivity contribution < 1.29 is 27.4 Å². The third-order valence-electron chi connectivity index (χ3n) is 4.39. The van der Waals surface area contributed by atoms with E-state index in [4.69, 9.17) is 4.74 Å². The number of carbonyl (C=O) groups excluding carboxylic acids is 1. The van der Waals surface area contributed by atoms with Crippen molar-refractivity contribution in [2.24, 2.45) is 0 Å². The van der Waals surface area contributed by atoms with Crippen LogP contribution in [-0.2, 0) is 16.1 Å². The van der Waals surface area contributed by atoms with Gasteiger partial charge in [0.1, 0.15) is 24.4 Å². The Morgan fingerprint density at radius 1 is 1.17 bits per heavy atom. The maximum absolute atomic E-state index is 12.4. The third-order valence-corrected chi connectivity index (χ3v) is 4.39. The molecule has 30 heavy (non-hydrogen) atoms. The van der Waals surface area contributed by atoms with Gasteiger partial charge < -0.3 is 19.7 Å². The molecule has 0 aliphatic carbocycles. The molecule has 1 aromatic carbocycles. The fourth-order valence-electron chi connectivity index (χ4n) is 3.10. The van der Waals surface area contributed by atoms with Crippen LogP contribution in [0.3, 0.4) is 0 Å². The predicted molar refractivity (Wildman–Crippen MR) is 100 cm³/mol. The number of halogens is 3. The molecule has 3 aromatic rings. The molecule has 1 amide bonds. The van der Waals surface area contributed by atoms with E-state index in [1.54, 1.807) is 6.20 Å². The van der Waals surface area contributed by atoms with Gasteiger partial charge in [0.2, 0.25) is 5.91 Å². The van der Waals surface area contributed by atoms with E-state index >= 15 is 0 Å². The van der Waals surface area contributed by atoms with E-state index in [1.807, 2.05) is 0 Å². The van der Waals surface area contributed by atoms with Crippen molar-refractivity contribution in [3.63, 3.8) is 0 Å². The molecule has 0 radical (unpaired) electrons. The molecular weight excluding hydrogens is 405 g/mol. The van der Waals surface area contributed by atoms with Gasteiger partial charge in [0.15, 0.2) is 5.65 Å². The summed E-state index contributed by atoms with van der Waals surface area (Å²) in [6, 6.07) is 4.88. The highest BCUT2D eigenvalue weighted by molar-refractivity contribution is 5.92. The summed E-state index contributed by atoms with van der Waals surface area (Å²) in [5.74, 6) is -0.0443. The van der Waals surface area contributed by atoms with Gasteiger partial charge in [0.25, 0.3) is 0 Å². The number of rotatable bonds is 5. The van der Waals surface area contributed by atoms with E-state index < -0.39 is 12.3 Å². The maximum Gasteiger partial charge on any atom is 0.573 e. The molecule has 0 atom stereocenters. The van der Waals surface area contributed by atoms with Crippen LogP contribution >= 0.6 is 0 Å². The molecule has 0 bridgehead atoms. The highest BCUT2D eigenvalue weighted by Gasteiger charge is 2.31. The van der Waals surface area contributed by atoms with Gasteiger partial charge in [-0.15, -0.1) is 13.2 Å². The predicted octanol–water partition coefficient (Wildman–Crippen LogP) is 2.20. The van der Waals surface area contributed by atoms with Gasteiger partial charge in [-0.3, -0.25) is 4.79 Å². The Morgan fingerprint density at radius 2 is 1.90 bits per heavy atom. The van der Waals surface area contributed by atoms with Crippen molar-refractivity contribution in [3.05, 3.63) is 36.8 Å². The van der Waals surface area contributed by atoms with Gasteiger partial charge in [-0.05, 0) is 24.3 Å². The number of fused-ring (bicyclic) bond motifs is 1. The van der Waals surface area contributed by atoms with Crippen LogP contribution in [0.5, 0.6) is 5.75 Å².